The van der Waals surface area contributed by atoms with Crippen LogP contribution in [0.2, 0.25) is 5.02 Å². The van der Waals surface area contributed by atoms with E-state index in [0.717, 1.165) is 17.7 Å². The largest absolute Gasteiger partial charge is 0.469 e. The van der Waals surface area contributed by atoms with E-state index >= 15 is 0 Å². The number of carbonyl (C=O) groups is 2. The number of esters is 1. The summed E-state index contributed by atoms with van der Waals surface area (Å²) in [7, 11) is 1.31. The van der Waals surface area contributed by atoms with Crippen molar-refractivity contribution in [1.29, 1.82) is 0 Å². The van der Waals surface area contributed by atoms with Crippen LogP contribution in [0.4, 0.5) is 23.2 Å². The Morgan fingerprint density at radius 3 is 2.54 bits per heavy atom. The zero-order chi connectivity index (χ0) is 29.9. The first-order valence-corrected chi connectivity index (χ1v) is 12.8. The number of methoxy groups -OCH3 is 1. The Balaban J connectivity index is 1.78. The number of nitrogens with one attached hydrogen (secondary N) is 1. The third-order valence-corrected chi connectivity index (χ3v) is 6.88. The topological polar surface area (TPSA) is 85.6 Å². The van der Waals surface area contributed by atoms with Gasteiger partial charge in [0.1, 0.15) is 11.4 Å². The van der Waals surface area contributed by atoms with E-state index in [1.807, 2.05) is 6.07 Å². The van der Waals surface area contributed by atoms with Gasteiger partial charge in [0.05, 0.1) is 30.3 Å². The first kappa shape index (κ1) is 29.8. The van der Waals surface area contributed by atoms with Crippen LogP contribution in [-0.4, -0.2) is 19.0 Å². The Labute approximate surface area is 236 Å². The number of fused-ring (bicyclic) bond motifs is 1. The zero-order valence-corrected chi connectivity index (χ0v) is 22.7. The van der Waals surface area contributed by atoms with Gasteiger partial charge in [0, 0.05) is 28.5 Å². The molecule has 0 aliphatic rings. The molecule has 0 bridgehead atoms. The summed E-state index contributed by atoms with van der Waals surface area (Å²) in [6.45, 7) is 1.75. The number of halogens is 5. The van der Waals surface area contributed by atoms with Crippen molar-refractivity contribution in [2.75, 3.05) is 12.4 Å². The Kier molecular flexibility index (Phi) is 8.82. The van der Waals surface area contributed by atoms with Crippen LogP contribution < -0.4 is 10.9 Å². The van der Waals surface area contributed by atoms with E-state index in [-0.39, 0.29) is 29.6 Å². The van der Waals surface area contributed by atoms with E-state index in [2.05, 4.69) is 10.1 Å². The SMILES string of the molecule is COC(=O)CCCc1cccc(-c2c(CC(=O)Nc3ccc(F)cc3C(F)(F)F)c(=O)oc3cc(Cl)c(C)cc23)c1. The van der Waals surface area contributed by atoms with E-state index in [1.165, 1.54) is 13.2 Å². The summed E-state index contributed by atoms with van der Waals surface area (Å²) in [5, 5.41) is 2.97. The predicted molar refractivity (Wildman–Crippen MR) is 146 cm³/mol. The summed E-state index contributed by atoms with van der Waals surface area (Å²) in [6, 6.07) is 12.2. The molecule has 11 heteroatoms. The molecule has 0 saturated heterocycles. The average molecular weight is 590 g/mol. The fraction of sp³-hybridized carbons (Fsp3) is 0.233. The number of ether oxygens (including phenoxy) is 1. The van der Waals surface area contributed by atoms with Crippen LogP contribution in [0, 0.1) is 12.7 Å². The van der Waals surface area contributed by atoms with Gasteiger partial charge in [-0.15, -0.1) is 0 Å². The Hall–Kier alpha value is -4.18. The van der Waals surface area contributed by atoms with Gasteiger partial charge < -0.3 is 14.5 Å². The van der Waals surface area contributed by atoms with Crippen LogP contribution in [0.5, 0.6) is 0 Å². The highest BCUT2D eigenvalue weighted by molar-refractivity contribution is 6.32. The number of hydrogen-bond donors (Lipinski definition) is 1. The van der Waals surface area contributed by atoms with Crippen LogP contribution in [-0.2, 0) is 33.3 Å². The van der Waals surface area contributed by atoms with Crippen molar-refractivity contribution in [3.8, 4) is 11.1 Å². The summed E-state index contributed by atoms with van der Waals surface area (Å²) in [6.07, 6.45) is -4.31. The number of benzene rings is 3. The fourth-order valence-electron chi connectivity index (χ4n) is 4.50. The Morgan fingerprint density at radius 2 is 1.83 bits per heavy atom. The van der Waals surface area contributed by atoms with E-state index in [0.29, 0.717) is 39.9 Å². The van der Waals surface area contributed by atoms with Crippen molar-refractivity contribution < 1.29 is 36.3 Å². The highest BCUT2D eigenvalue weighted by Crippen LogP contribution is 2.37. The van der Waals surface area contributed by atoms with Gasteiger partial charge in [-0.25, -0.2) is 9.18 Å². The average Bonchev–Trinajstić information content (AvgIpc) is 2.91. The van der Waals surface area contributed by atoms with E-state index in [4.69, 9.17) is 16.0 Å². The van der Waals surface area contributed by atoms with E-state index in [9.17, 15) is 31.9 Å². The van der Waals surface area contributed by atoms with Gasteiger partial charge in [-0.2, -0.15) is 13.2 Å². The van der Waals surface area contributed by atoms with Crippen LogP contribution in [0.15, 0.2) is 63.8 Å². The van der Waals surface area contributed by atoms with Gasteiger partial charge in [0.25, 0.3) is 0 Å². The fourth-order valence-corrected chi connectivity index (χ4v) is 4.65. The summed E-state index contributed by atoms with van der Waals surface area (Å²) in [4.78, 5) is 37.7. The van der Waals surface area contributed by atoms with Gasteiger partial charge in [-0.1, -0.05) is 35.9 Å². The molecule has 0 aliphatic heterocycles. The molecule has 41 heavy (non-hydrogen) atoms. The molecule has 214 valence electrons. The summed E-state index contributed by atoms with van der Waals surface area (Å²) < 4.78 is 64.1. The van der Waals surface area contributed by atoms with Crippen molar-refractivity contribution in [3.05, 3.63) is 98.1 Å². The molecule has 1 amide bonds. The second-order valence-electron chi connectivity index (χ2n) is 9.38. The molecule has 6 nitrogen and oxygen atoms in total. The minimum Gasteiger partial charge on any atom is -0.469 e. The molecule has 0 atom stereocenters. The first-order valence-electron chi connectivity index (χ1n) is 12.5. The van der Waals surface area contributed by atoms with Crippen molar-refractivity contribution >= 4 is 40.1 Å². The summed E-state index contributed by atoms with van der Waals surface area (Å²) >= 11 is 6.25. The quantitative estimate of drug-likeness (QED) is 0.133. The molecule has 1 N–H and O–H groups in total. The lowest BCUT2D eigenvalue weighted by Gasteiger charge is -2.16. The second-order valence-corrected chi connectivity index (χ2v) is 9.79. The lowest BCUT2D eigenvalue weighted by Crippen LogP contribution is -2.22. The van der Waals surface area contributed by atoms with Crippen LogP contribution >= 0.6 is 11.6 Å². The molecule has 0 saturated carbocycles. The Morgan fingerprint density at radius 1 is 1.07 bits per heavy atom. The molecular weight excluding hydrogens is 566 g/mol. The number of anilines is 1. The molecular formula is C30H24ClF4NO5. The molecule has 0 spiro atoms. The maximum Gasteiger partial charge on any atom is 0.418 e. The molecule has 3 aromatic carbocycles. The third kappa shape index (κ3) is 6.94. The molecule has 0 aliphatic carbocycles. The minimum atomic E-state index is -4.93. The lowest BCUT2D eigenvalue weighted by molar-refractivity contribution is -0.140. The van der Waals surface area contributed by atoms with Gasteiger partial charge in [0.15, 0.2) is 0 Å². The predicted octanol–water partition coefficient (Wildman–Crippen LogP) is 7.26. The molecule has 1 heterocycles. The lowest BCUT2D eigenvalue weighted by atomic mass is 9.92. The highest BCUT2D eigenvalue weighted by atomic mass is 35.5. The van der Waals surface area contributed by atoms with Gasteiger partial charge in [0.2, 0.25) is 5.91 Å². The molecule has 0 radical (unpaired) electrons. The maximum absolute atomic E-state index is 13.5. The molecule has 0 fully saturated rings. The molecule has 0 unspecified atom stereocenters. The number of aryl methyl sites for hydroxylation is 2. The Bertz CT molecular complexity index is 1700. The monoisotopic (exact) mass is 589 g/mol. The van der Waals surface area contributed by atoms with Crippen molar-refractivity contribution in [3.63, 3.8) is 0 Å². The number of rotatable bonds is 8. The second kappa shape index (κ2) is 12.1. The maximum atomic E-state index is 13.5. The molecule has 1 aromatic heterocycles. The summed E-state index contributed by atoms with van der Waals surface area (Å²) in [5.74, 6) is -2.40. The van der Waals surface area contributed by atoms with Gasteiger partial charge in [-0.05, 0) is 60.7 Å². The number of amides is 1. The van der Waals surface area contributed by atoms with E-state index in [1.54, 1.807) is 31.2 Å². The molecule has 4 aromatic rings. The molecule has 4 rings (SSSR count). The van der Waals surface area contributed by atoms with Crippen LogP contribution in [0.3, 0.4) is 0 Å². The minimum absolute atomic E-state index is 0.0842. The standard InChI is InChI=1S/C30H24ClF4NO5/c1-16-11-20-25(15-23(16)31)41-29(39)21(14-26(37)36-24-10-9-19(32)13-22(24)30(33,34)35)28(20)18-7-3-5-17(12-18)6-4-8-27(38)40-2/h3,5,7,9-13,15H,4,6,8,14H2,1-2H3,(H,36,37). The van der Waals surface area contributed by atoms with Crippen molar-refractivity contribution in [2.24, 2.45) is 0 Å². The van der Waals surface area contributed by atoms with Crippen LogP contribution in [0.1, 0.15) is 35.1 Å². The summed E-state index contributed by atoms with van der Waals surface area (Å²) in [5.41, 5.74) is -0.369. The first-order chi connectivity index (χ1) is 19.4. The highest BCUT2D eigenvalue weighted by Gasteiger charge is 2.34. The van der Waals surface area contributed by atoms with Gasteiger partial charge >= 0.3 is 17.8 Å². The number of alkyl halides is 3. The number of carbonyl (C=O) groups excluding carboxylic acids is 2. The van der Waals surface area contributed by atoms with Crippen LogP contribution in [0.25, 0.3) is 22.1 Å². The third-order valence-electron chi connectivity index (χ3n) is 6.47. The normalized spacial score (nSPS) is 11.5. The zero-order valence-electron chi connectivity index (χ0n) is 22.0. The smallest absolute Gasteiger partial charge is 0.418 e. The van der Waals surface area contributed by atoms with Gasteiger partial charge in [-0.3, -0.25) is 9.59 Å². The van der Waals surface area contributed by atoms with Crippen molar-refractivity contribution in [2.45, 2.75) is 38.8 Å². The van der Waals surface area contributed by atoms with Crippen molar-refractivity contribution in [1.82, 2.24) is 0 Å². The van der Waals surface area contributed by atoms with E-state index < -0.39 is 41.2 Å². The number of hydrogen-bond acceptors (Lipinski definition) is 5.